The van der Waals surface area contributed by atoms with Gasteiger partial charge in [0.1, 0.15) is 16.5 Å². The van der Waals surface area contributed by atoms with Crippen LogP contribution in [-0.4, -0.2) is 15.0 Å². The van der Waals surface area contributed by atoms with Gasteiger partial charge in [0.25, 0.3) is 0 Å². The number of pyridine rings is 1. The quantitative estimate of drug-likeness (QED) is 0.692. The Hall–Kier alpha value is -1.88. The fourth-order valence-electron chi connectivity index (χ4n) is 1.54. The highest BCUT2D eigenvalue weighted by molar-refractivity contribution is 7.13. The molecule has 0 spiro atoms. The Labute approximate surface area is 104 Å². The fourth-order valence-corrected chi connectivity index (χ4v) is 2.28. The van der Waals surface area contributed by atoms with Crippen molar-refractivity contribution < 1.29 is 0 Å². The van der Waals surface area contributed by atoms with E-state index < -0.39 is 0 Å². The Kier molecular flexibility index (Phi) is 3.39. The number of nitrogens with one attached hydrogen (secondary N) is 1. The first-order valence-corrected chi connectivity index (χ1v) is 6.36. The molecule has 0 aromatic carbocycles. The van der Waals surface area contributed by atoms with Gasteiger partial charge in [-0.15, -0.1) is 11.3 Å². The smallest absolute Gasteiger partial charge is 0.137 e. The van der Waals surface area contributed by atoms with Crippen LogP contribution in [0.3, 0.4) is 0 Å². The van der Waals surface area contributed by atoms with Crippen molar-refractivity contribution in [2.45, 2.75) is 13.8 Å². The minimum absolute atomic E-state index is 0.563. The molecule has 0 aliphatic rings. The molecule has 0 amide bonds. The number of rotatable bonds is 1. The molecule has 3 rings (SSSR count). The van der Waals surface area contributed by atoms with Crippen molar-refractivity contribution in [1.82, 2.24) is 15.0 Å². The predicted octanol–water partition coefficient (Wildman–Crippen LogP) is 3.29. The minimum Gasteiger partial charge on any atom is -0.383 e. The SMILES string of the molecule is CC.Nc1csc(-c2c[nH]c3ncccc23)n1. The first kappa shape index (κ1) is 11.6. The zero-order chi connectivity index (χ0) is 12.3. The normalized spacial score (nSPS) is 10.0. The molecule has 3 aromatic heterocycles. The summed E-state index contributed by atoms with van der Waals surface area (Å²) < 4.78 is 0. The van der Waals surface area contributed by atoms with Gasteiger partial charge in [-0.25, -0.2) is 9.97 Å². The molecule has 0 saturated heterocycles. The van der Waals surface area contributed by atoms with Crippen molar-refractivity contribution in [2.24, 2.45) is 0 Å². The van der Waals surface area contributed by atoms with Crippen LogP contribution < -0.4 is 5.73 Å². The van der Waals surface area contributed by atoms with Crippen molar-refractivity contribution in [2.75, 3.05) is 5.73 Å². The van der Waals surface area contributed by atoms with Gasteiger partial charge in [-0.05, 0) is 12.1 Å². The predicted molar refractivity (Wildman–Crippen MR) is 73.0 cm³/mol. The number of H-pyrrole nitrogens is 1. The van der Waals surface area contributed by atoms with Crippen LogP contribution in [0.4, 0.5) is 5.82 Å². The lowest BCUT2D eigenvalue weighted by molar-refractivity contribution is 1.33. The Bertz CT molecular complexity index is 612. The van der Waals surface area contributed by atoms with Crippen molar-refractivity contribution in [3.63, 3.8) is 0 Å². The van der Waals surface area contributed by atoms with Gasteiger partial charge in [0.2, 0.25) is 0 Å². The van der Waals surface area contributed by atoms with Gasteiger partial charge in [0.05, 0.1) is 0 Å². The Balaban J connectivity index is 0.000000514. The van der Waals surface area contributed by atoms with E-state index in [4.69, 9.17) is 5.73 Å². The number of thiazole rings is 1. The Morgan fingerprint density at radius 2 is 2.18 bits per heavy atom. The summed E-state index contributed by atoms with van der Waals surface area (Å²) in [5.41, 5.74) is 7.53. The van der Waals surface area contributed by atoms with E-state index in [1.165, 1.54) is 11.3 Å². The number of fused-ring (bicyclic) bond motifs is 1. The third kappa shape index (κ3) is 2.14. The van der Waals surface area contributed by atoms with Gasteiger partial charge >= 0.3 is 0 Å². The Morgan fingerprint density at radius 1 is 1.35 bits per heavy atom. The molecule has 0 radical (unpaired) electrons. The van der Waals surface area contributed by atoms with E-state index in [-0.39, 0.29) is 0 Å². The number of aromatic nitrogens is 3. The third-order valence-electron chi connectivity index (χ3n) is 2.20. The fraction of sp³-hybridized carbons (Fsp3) is 0.167. The molecular weight excluding hydrogens is 232 g/mol. The zero-order valence-corrected chi connectivity index (χ0v) is 10.6. The maximum atomic E-state index is 5.60. The van der Waals surface area contributed by atoms with Gasteiger partial charge in [0.15, 0.2) is 0 Å². The lowest BCUT2D eigenvalue weighted by Crippen LogP contribution is -1.82. The topological polar surface area (TPSA) is 67.6 Å². The average Bonchev–Trinajstić information content (AvgIpc) is 2.97. The third-order valence-corrected chi connectivity index (χ3v) is 3.10. The van der Waals surface area contributed by atoms with Crippen LogP contribution in [0.15, 0.2) is 29.9 Å². The number of nitrogens with zero attached hydrogens (tertiary/aromatic N) is 2. The second kappa shape index (κ2) is 4.97. The molecule has 5 heteroatoms. The van der Waals surface area contributed by atoms with Crippen molar-refractivity contribution in [1.29, 1.82) is 0 Å². The molecule has 3 aromatic rings. The van der Waals surface area contributed by atoms with Gasteiger partial charge < -0.3 is 10.7 Å². The maximum absolute atomic E-state index is 5.60. The number of anilines is 1. The summed E-state index contributed by atoms with van der Waals surface area (Å²) in [6.07, 6.45) is 3.68. The summed E-state index contributed by atoms with van der Waals surface area (Å²) in [6.45, 7) is 4.00. The molecule has 0 aliphatic heterocycles. The summed E-state index contributed by atoms with van der Waals surface area (Å²) in [6, 6.07) is 3.93. The molecule has 0 aliphatic carbocycles. The van der Waals surface area contributed by atoms with Gasteiger partial charge in [-0.3, -0.25) is 0 Å². The molecule has 17 heavy (non-hydrogen) atoms. The molecule has 88 valence electrons. The van der Waals surface area contributed by atoms with E-state index in [0.717, 1.165) is 21.6 Å². The molecule has 0 bridgehead atoms. The lowest BCUT2D eigenvalue weighted by Gasteiger charge is -1.91. The van der Waals surface area contributed by atoms with Crippen LogP contribution in [0, 0.1) is 0 Å². The molecule has 0 fully saturated rings. The monoisotopic (exact) mass is 246 g/mol. The van der Waals surface area contributed by atoms with Crippen LogP contribution in [0.1, 0.15) is 13.8 Å². The first-order chi connectivity index (χ1) is 8.34. The summed E-state index contributed by atoms with van der Waals surface area (Å²) in [5, 5.41) is 3.84. The standard InChI is InChI=1S/C10H8N4S.C2H6/c11-8-5-15-10(14-8)7-4-13-9-6(7)2-1-3-12-9;1-2/h1-5H,11H2,(H,12,13);1-2H3. The number of hydrogen-bond acceptors (Lipinski definition) is 4. The van der Waals surface area contributed by atoms with Gasteiger partial charge in [-0.2, -0.15) is 0 Å². The Morgan fingerprint density at radius 3 is 2.88 bits per heavy atom. The zero-order valence-electron chi connectivity index (χ0n) is 9.77. The second-order valence-electron chi connectivity index (χ2n) is 3.18. The lowest BCUT2D eigenvalue weighted by atomic mass is 10.2. The van der Waals surface area contributed by atoms with Crippen molar-refractivity contribution in [3.05, 3.63) is 29.9 Å². The maximum Gasteiger partial charge on any atom is 0.137 e. The van der Waals surface area contributed by atoms with Crippen LogP contribution >= 0.6 is 11.3 Å². The molecule has 4 nitrogen and oxygen atoms in total. The molecule has 0 atom stereocenters. The van der Waals surface area contributed by atoms with E-state index in [0.29, 0.717) is 5.82 Å². The highest BCUT2D eigenvalue weighted by Crippen LogP contribution is 2.30. The number of nitrogens with two attached hydrogens (primary N) is 1. The molecule has 0 unspecified atom stereocenters. The number of hydrogen-bond donors (Lipinski definition) is 2. The highest BCUT2D eigenvalue weighted by atomic mass is 32.1. The summed E-state index contributed by atoms with van der Waals surface area (Å²) in [5.74, 6) is 0.563. The van der Waals surface area contributed by atoms with Crippen LogP contribution in [-0.2, 0) is 0 Å². The van der Waals surface area contributed by atoms with Crippen LogP contribution in [0.2, 0.25) is 0 Å². The summed E-state index contributed by atoms with van der Waals surface area (Å²) in [7, 11) is 0. The van der Waals surface area contributed by atoms with E-state index in [9.17, 15) is 0 Å². The molecule has 0 saturated carbocycles. The van der Waals surface area contributed by atoms with E-state index in [1.54, 1.807) is 6.20 Å². The van der Waals surface area contributed by atoms with Crippen molar-refractivity contribution >= 4 is 28.2 Å². The van der Waals surface area contributed by atoms with Gasteiger partial charge in [0, 0.05) is 28.7 Å². The highest BCUT2D eigenvalue weighted by Gasteiger charge is 2.09. The average molecular weight is 246 g/mol. The number of aromatic amines is 1. The van der Waals surface area contributed by atoms with E-state index in [1.807, 2.05) is 37.6 Å². The summed E-state index contributed by atoms with van der Waals surface area (Å²) in [4.78, 5) is 11.6. The van der Waals surface area contributed by atoms with Crippen LogP contribution in [0.25, 0.3) is 21.6 Å². The van der Waals surface area contributed by atoms with E-state index in [2.05, 4.69) is 15.0 Å². The first-order valence-electron chi connectivity index (χ1n) is 5.48. The molecule has 3 heterocycles. The van der Waals surface area contributed by atoms with Crippen molar-refractivity contribution in [3.8, 4) is 10.6 Å². The minimum atomic E-state index is 0.563. The molecular formula is C12H14N4S. The summed E-state index contributed by atoms with van der Waals surface area (Å²) >= 11 is 1.54. The van der Waals surface area contributed by atoms with Gasteiger partial charge in [-0.1, -0.05) is 13.8 Å². The number of nitrogen functional groups attached to an aromatic ring is 1. The largest absolute Gasteiger partial charge is 0.383 e. The van der Waals surface area contributed by atoms with E-state index >= 15 is 0 Å². The second-order valence-corrected chi connectivity index (χ2v) is 4.04. The van der Waals surface area contributed by atoms with Crippen LogP contribution in [0.5, 0.6) is 0 Å². The molecule has 3 N–H and O–H groups in total.